The monoisotopic (exact) mass is 281 g/mol. The van der Waals surface area contributed by atoms with Crippen molar-refractivity contribution in [3.63, 3.8) is 0 Å². The molecule has 0 saturated carbocycles. The largest absolute Gasteiger partial charge is 0.383 e. The van der Waals surface area contributed by atoms with Gasteiger partial charge in [-0.25, -0.2) is 4.52 Å². The minimum atomic E-state index is -0.159. The molecule has 0 aromatic carbocycles. The fraction of sp³-hybridized carbons (Fsp3) is 0.385. The van der Waals surface area contributed by atoms with E-state index in [1.807, 2.05) is 18.2 Å². The second-order valence-corrected chi connectivity index (χ2v) is 4.57. The second kappa shape index (κ2) is 6.54. The highest BCUT2D eigenvalue weighted by atomic mass is 35.5. The lowest BCUT2D eigenvalue weighted by Gasteiger charge is -2.16. The summed E-state index contributed by atoms with van der Waals surface area (Å²) in [6.07, 6.45) is 4.03. The predicted molar refractivity (Wildman–Crippen MR) is 73.7 cm³/mol. The van der Waals surface area contributed by atoms with Gasteiger partial charge in [-0.2, -0.15) is 5.10 Å². The minimum Gasteiger partial charge on any atom is -0.383 e. The van der Waals surface area contributed by atoms with E-state index in [0.29, 0.717) is 24.5 Å². The molecule has 0 radical (unpaired) electrons. The Morgan fingerprint density at radius 3 is 3.16 bits per heavy atom. The van der Waals surface area contributed by atoms with Crippen LogP contribution in [0, 0.1) is 0 Å². The van der Waals surface area contributed by atoms with Crippen molar-refractivity contribution in [3.8, 4) is 0 Å². The van der Waals surface area contributed by atoms with Gasteiger partial charge in [-0.15, -0.1) is 11.6 Å². The van der Waals surface area contributed by atoms with Crippen LogP contribution >= 0.6 is 11.6 Å². The maximum atomic E-state index is 12.2. The number of ether oxygens (including phenoxy) is 1. The third kappa shape index (κ3) is 3.24. The van der Waals surface area contributed by atoms with Gasteiger partial charge in [0.05, 0.1) is 29.9 Å². The van der Waals surface area contributed by atoms with Crippen LogP contribution in [0.4, 0.5) is 0 Å². The van der Waals surface area contributed by atoms with E-state index in [-0.39, 0.29) is 11.9 Å². The number of nitrogens with one attached hydrogen (secondary N) is 1. The van der Waals surface area contributed by atoms with Crippen molar-refractivity contribution < 1.29 is 9.53 Å². The molecule has 2 aromatic heterocycles. The number of fused-ring (bicyclic) bond motifs is 1. The Balaban J connectivity index is 2.14. The van der Waals surface area contributed by atoms with Crippen LogP contribution in [-0.4, -0.2) is 41.2 Å². The standard InChI is InChI=1S/C13H16ClN3O2/c1-19-9-10(5-6-14)16-13(18)11-8-15-17-7-3-2-4-12(11)17/h2-4,7-8,10H,5-6,9H2,1H3,(H,16,18). The molecule has 0 spiro atoms. The van der Waals surface area contributed by atoms with Crippen molar-refractivity contribution in [2.75, 3.05) is 19.6 Å². The summed E-state index contributed by atoms with van der Waals surface area (Å²) in [5.41, 5.74) is 1.33. The summed E-state index contributed by atoms with van der Waals surface area (Å²) in [5, 5.41) is 7.05. The van der Waals surface area contributed by atoms with Crippen LogP contribution in [0.5, 0.6) is 0 Å². The van der Waals surface area contributed by atoms with Gasteiger partial charge in [-0.3, -0.25) is 4.79 Å². The molecule has 0 bridgehead atoms. The number of carbonyl (C=O) groups is 1. The topological polar surface area (TPSA) is 55.6 Å². The molecule has 0 aliphatic carbocycles. The highest BCUT2D eigenvalue weighted by Crippen LogP contribution is 2.10. The van der Waals surface area contributed by atoms with E-state index in [9.17, 15) is 4.79 Å². The lowest BCUT2D eigenvalue weighted by molar-refractivity contribution is 0.0897. The predicted octanol–water partition coefficient (Wildman–Crippen LogP) is 1.71. The molecule has 0 aliphatic rings. The third-order valence-corrected chi connectivity index (χ3v) is 3.05. The molecule has 0 fully saturated rings. The van der Waals surface area contributed by atoms with E-state index in [4.69, 9.17) is 16.3 Å². The molecule has 1 atom stereocenters. The molecule has 0 aliphatic heterocycles. The lowest BCUT2D eigenvalue weighted by Crippen LogP contribution is -2.38. The highest BCUT2D eigenvalue weighted by molar-refractivity contribution is 6.17. The summed E-state index contributed by atoms with van der Waals surface area (Å²) in [6.45, 7) is 0.442. The summed E-state index contributed by atoms with van der Waals surface area (Å²) in [5.74, 6) is 0.316. The normalized spacial score (nSPS) is 12.5. The van der Waals surface area contributed by atoms with Crippen molar-refractivity contribution >= 4 is 23.0 Å². The van der Waals surface area contributed by atoms with Gasteiger partial charge in [0.15, 0.2) is 0 Å². The van der Waals surface area contributed by atoms with Gasteiger partial charge >= 0.3 is 0 Å². The zero-order chi connectivity index (χ0) is 13.7. The van der Waals surface area contributed by atoms with Crippen molar-refractivity contribution in [1.29, 1.82) is 0 Å². The number of pyridine rings is 1. The fourth-order valence-electron chi connectivity index (χ4n) is 1.90. The number of hydrogen-bond donors (Lipinski definition) is 1. The molecule has 2 heterocycles. The molecule has 5 nitrogen and oxygen atoms in total. The Morgan fingerprint density at radius 2 is 2.42 bits per heavy atom. The van der Waals surface area contributed by atoms with Crippen molar-refractivity contribution in [3.05, 3.63) is 36.2 Å². The summed E-state index contributed by atoms with van der Waals surface area (Å²) in [7, 11) is 1.60. The molecule has 6 heteroatoms. The van der Waals surface area contributed by atoms with E-state index in [1.165, 1.54) is 0 Å². The van der Waals surface area contributed by atoms with E-state index < -0.39 is 0 Å². The SMILES string of the molecule is COCC(CCCl)NC(=O)c1cnn2ccccc12. The highest BCUT2D eigenvalue weighted by Gasteiger charge is 2.16. The average Bonchev–Trinajstić information content (AvgIpc) is 2.83. The maximum absolute atomic E-state index is 12.2. The van der Waals surface area contributed by atoms with Gasteiger partial charge in [0.2, 0.25) is 0 Å². The van der Waals surface area contributed by atoms with Gasteiger partial charge in [-0.1, -0.05) is 6.07 Å². The summed E-state index contributed by atoms with van der Waals surface area (Å²) >= 11 is 5.71. The van der Waals surface area contributed by atoms with Gasteiger partial charge < -0.3 is 10.1 Å². The molecule has 1 unspecified atom stereocenters. The van der Waals surface area contributed by atoms with Crippen LogP contribution in [0.25, 0.3) is 5.52 Å². The van der Waals surface area contributed by atoms with E-state index >= 15 is 0 Å². The molecule has 2 rings (SSSR count). The molecule has 2 aromatic rings. The minimum absolute atomic E-state index is 0.0892. The quantitative estimate of drug-likeness (QED) is 0.820. The van der Waals surface area contributed by atoms with Crippen molar-refractivity contribution in [1.82, 2.24) is 14.9 Å². The number of halogens is 1. The number of methoxy groups -OCH3 is 1. The molecule has 102 valence electrons. The summed E-state index contributed by atoms with van der Waals surface area (Å²) in [6, 6.07) is 5.50. The number of carbonyl (C=O) groups excluding carboxylic acids is 1. The first-order chi connectivity index (χ1) is 9.26. The van der Waals surface area contributed by atoms with Crippen LogP contribution in [-0.2, 0) is 4.74 Å². The van der Waals surface area contributed by atoms with Gasteiger partial charge in [0, 0.05) is 19.2 Å². The van der Waals surface area contributed by atoms with Gasteiger partial charge in [-0.05, 0) is 18.6 Å². The Kier molecular flexibility index (Phi) is 4.76. The Labute approximate surface area is 116 Å². The van der Waals surface area contributed by atoms with Crippen molar-refractivity contribution in [2.24, 2.45) is 0 Å². The van der Waals surface area contributed by atoms with Crippen LogP contribution in [0.15, 0.2) is 30.6 Å². The van der Waals surface area contributed by atoms with Crippen LogP contribution in [0.1, 0.15) is 16.8 Å². The third-order valence-electron chi connectivity index (χ3n) is 2.83. The summed E-state index contributed by atoms with van der Waals surface area (Å²) in [4.78, 5) is 12.2. The van der Waals surface area contributed by atoms with Crippen molar-refractivity contribution in [2.45, 2.75) is 12.5 Å². The molecule has 1 N–H and O–H groups in total. The summed E-state index contributed by atoms with van der Waals surface area (Å²) < 4.78 is 6.74. The van der Waals surface area contributed by atoms with E-state index in [0.717, 1.165) is 5.52 Å². The molecule has 19 heavy (non-hydrogen) atoms. The molecule has 1 amide bonds. The zero-order valence-electron chi connectivity index (χ0n) is 10.7. The second-order valence-electron chi connectivity index (χ2n) is 4.19. The van der Waals surface area contributed by atoms with Crippen LogP contribution in [0.2, 0.25) is 0 Å². The number of alkyl halides is 1. The van der Waals surface area contributed by atoms with Gasteiger partial charge in [0.1, 0.15) is 0 Å². The molecule has 0 saturated heterocycles. The number of aromatic nitrogens is 2. The average molecular weight is 282 g/mol. The van der Waals surface area contributed by atoms with Gasteiger partial charge in [0.25, 0.3) is 5.91 Å². The molecular weight excluding hydrogens is 266 g/mol. The first-order valence-corrected chi connectivity index (χ1v) is 6.58. The Bertz CT molecular complexity index is 550. The van der Waals surface area contributed by atoms with E-state index in [2.05, 4.69) is 10.4 Å². The van der Waals surface area contributed by atoms with E-state index in [1.54, 1.807) is 24.0 Å². The van der Waals surface area contributed by atoms with Crippen LogP contribution in [0.3, 0.4) is 0 Å². The Hall–Kier alpha value is -1.59. The lowest BCUT2D eigenvalue weighted by atomic mass is 10.2. The maximum Gasteiger partial charge on any atom is 0.255 e. The number of rotatable bonds is 6. The smallest absolute Gasteiger partial charge is 0.255 e. The molecular formula is C13H16ClN3O2. The Morgan fingerprint density at radius 1 is 1.58 bits per heavy atom. The fourth-order valence-corrected chi connectivity index (χ4v) is 2.17. The van der Waals surface area contributed by atoms with Crippen LogP contribution < -0.4 is 5.32 Å². The number of hydrogen-bond acceptors (Lipinski definition) is 3. The first kappa shape index (κ1) is 13.8. The first-order valence-electron chi connectivity index (χ1n) is 6.04. The number of amides is 1. The zero-order valence-corrected chi connectivity index (χ0v) is 11.4. The number of nitrogens with zero attached hydrogens (tertiary/aromatic N) is 2.